The first-order valence-corrected chi connectivity index (χ1v) is 10.5. The van der Waals surface area contributed by atoms with Crippen molar-refractivity contribution in [2.24, 2.45) is 16.6 Å². The van der Waals surface area contributed by atoms with Crippen LogP contribution in [0.15, 0.2) is 14.8 Å². The second-order valence-corrected chi connectivity index (χ2v) is 8.78. The summed E-state index contributed by atoms with van der Waals surface area (Å²) in [7, 11) is 0. The number of aliphatic imine (C=N–C) groups is 1. The predicted octanol–water partition coefficient (Wildman–Crippen LogP) is 2.68. The summed E-state index contributed by atoms with van der Waals surface area (Å²) in [4.78, 5) is 26.0. The molecular weight excluding hydrogens is 386 g/mol. The van der Waals surface area contributed by atoms with E-state index in [1.807, 2.05) is 5.38 Å². The van der Waals surface area contributed by atoms with Gasteiger partial charge in [-0.15, -0.1) is 11.3 Å². The number of thioether (sulfide) groups is 1. The van der Waals surface area contributed by atoms with Crippen molar-refractivity contribution in [2.45, 2.75) is 38.8 Å². The Bertz CT molecular complexity index is 908. The van der Waals surface area contributed by atoms with E-state index in [4.69, 9.17) is 19.9 Å². The highest BCUT2D eigenvalue weighted by Gasteiger charge is 2.49. The van der Waals surface area contributed by atoms with Crippen molar-refractivity contribution in [1.82, 2.24) is 9.97 Å². The van der Waals surface area contributed by atoms with Gasteiger partial charge in [0.15, 0.2) is 11.1 Å². The topological polar surface area (TPSA) is 116 Å². The third kappa shape index (κ3) is 3.37. The van der Waals surface area contributed by atoms with Gasteiger partial charge in [-0.05, 0) is 20.3 Å². The average molecular weight is 408 g/mol. The first kappa shape index (κ1) is 18.5. The molecular formula is C17H21N5O3S2. The fourth-order valence-electron chi connectivity index (χ4n) is 3.52. The number of aromatic nitrogens is 2. The number of nitrogens with one attached hydrogen (secondary N) is 1. The van der Waals surface area contributed by atoms with Gasteiger partial charge in [0.2, 0.25) is 5.76 Å². The molecule has 0 spiro atoms. The quantitative estimate of drug-likeness (QED) is 0.803. The number of amides is 1. The van der Waals surface area contributed by atoms with Crippen LogP contribution in [0.3, 0.4) is 0 Å². The molecule has 0 radical (unpaired) electrons. The maximum absolute atomic E-state index is 12.5. The molecule has 0 aromatic carbocycles. The Kier molecular flexibility index (Phi) is 4.73. The number of anilines is 1. The molecule has 27 heavy (non-hydrogen) atoms. The van der Waals surface area contributed by atoms with Crippen molar-refractivity contribution in [3.63, 3.8) is 0 Å². The molecule has 0 aliphatic carbocycles. The lowest BCUT2D eigenvalue weighted by atomic mass is 9.80. The molecule has 3 N–H and O–H groups in total. The van der Waals surface area contributed by atoms with Crippen LogP contribution in [-0.4, -0.2) is 39.5 Å². The Hall–Kier alpha value is -1.91. The zero-order valence-corrected chi connectivity index (χ0v) is 16.9. The van der Waals surface area contributed by atoms with Crippen LogP contribution < -0.4 is 11.1 Å². The van der Waals surface area contributed by atoms with Crippen LogP contribution in [0.5, 0.6) is 0 Å². The Morgan fingerprint density at radius 1 is 1.41 bits per heavy atom. The zero-order valence-electron chi connectivity index (χ0n) is 15.3. The molecule has 1 amide bonds. The van der Waals surface area contributed by atoms with E-state index in [0.717, 1.165) is 17.2 Å². The number of thiazole rings is 1. The number of carbonyl (C=O) groups is 1. The number of ether oxygens (including phenoxy) is 1. The predicted molar refractivity (Wildman–Crippen MR) is 105 cm³/mol. The van der Waals surface area contributed by atoms with E-state index < -0.39 is 5.54 Å². The Morgan fingerprint density at radius 2 is 2.22 bits per heavy atom. The Labute approximate surface area is 165 Å². The molecule has 0 saturated carbocycles. The first-order valence-electron chi connectivity index (χ1n) is 8.68. The van der Waals surface area contributed by atoms with Crippen molar-refractivity contribution in [2.75, 3.05) is 17.7 Å². The summed E-state index contributed by atoms with van der Waals surface area (Å²) in [5.74, 6) is 1.94. The summed E-state index contributed by atoms with van der Waals surface area (Å²) in [5.41, 5.74) is 6.00. The van der Waals surface area contributed by atoms with Crippen LogP contribution in [0.25, 0.3) is 0 Å². The molecule has 4 rings (SSSR count). The fraction of sp³-hybridized carbons (Fsp3) is 0.529. The third-order valence-electron chi connectivity index (χ3n) is 4.85. The van der Waals surface area contributed by atoms with Crippen LogP contribution in [0.1, 0.15) is 40.5 Å². The van der Waals surface area contributed by atoms with Gasteiger partial charge in [0.05, 0.1) is 18.4 Å². The summed E-state index contributed by atoms with van der Waals surface area (Å²) >= 11 is 3.04. The van der Waals surface area contributed by atoms with E-state index in [-0.39, 0.29) is 17.8 Å². The van der Waals surface area contributed by atoms with Crippen LogP contribution in [-0.2, 0) is 10.3 Å². The van der Waals surface area contributed by atoms with Gasteiger partial charge in [0.25, 0.3) is 5.91 Å². The molecule has 3 atom stereocenters. The zero-order chi connectivity index (χ0) is 19.2. The lowest BCUT2D eigenvalue weighted by Crippen LogP contribution is -2.49. The summed E-state index contributed by atoms with van der Waals surface area (Å²) in [6.45, 7) is 5.96. The molecule has 144 valence electrons. The lowest BCUT2D eigenvalue weighted by Gasteiger charge is -2.44. The summed E-state index contributed by atoms with van der Waals surface area (Å²) in [6.07, 6.45) is 1.09. The molecule has 2 aromatic rings. The summed E-state index contributed by atoms with van der Waals surface area (Å²) in [6, 6.07) is 0. The molecule has 8 nitrogen and oxygen atoms in total. The van der Waals surface area contributed by atoms with Crippen LogP contribution in [0, 0.1) is 19.8 Å². The number of rotatable bonds is 3. The molecule has 1 saturated heterocycles. The van der Waals surface area contributed by atoms with Crippen LogP contribution in [0.2, 0.25) is 0 Å². The summed E-state index contributed by atoms with van der Waals surface area (Å²) in [5, 5.41) is 5.96. The number of hydrogen-bond donors (Lipinski definition) is 2. The molecule has 4 heterocycles. The van der Waals surface area contributed by atoms with Gasteiger partial charge in [-0.2, -0.15) is 0 Å². The fourth-order valence-corrected chi connectivity index (χ4v) is 5.50. The number of nitrogens with two attached hydrogens (primary N) is 1. The van der Waals surface area contributed by atoms with E-state index in [2.05, 4.69) is 22.2 Å². The normalized spacial score (nSPS) is 27.7. The Balaban J connectivity index is 1.60. The number of oxazole rings is 1. The van der Waals surface area contributed by atoms with Gasteiger partial charge in [-0.25, -0.2) is 15.0 Å². The van der Waals surface area contributed by atoms with Gasteiger partial charge >= 0.3 is 0 Å². The van der Waals surface area contributed by atoms with Gasteiger partial charge in [-0.3, -0.25) is 4.79 Å². The minimum atomic E-state index is -0.575. The molecule has 1 fully saturated rings. The van der Waals surface area contributed by atoms with Crippen LogP contribution in [0.4, 0.5) is 5.82 Å². The number of nitrogens with zero attached hydrogens (tertiary/aromatic N) is 3. The maximum Gasteiger partial charge on any atom is 0.294 e. The highest BCUT2D eigenvalue weighted by atomic mass is 32.2. The van der Waals surface area contributed by atoms with Gasteiger partial charge < -0.3 is 20.2 Å². The van der Waals surface area contributed by atoms with Gasteiger partial charge in [0, 0.05) is 24.0 Å². The first-order chi connectivity index (χ1) is 12.9. The largest absolute Gasteiger partial charge is 0.436 e. The van der Waals surface area contributed by atoms with Gasteiger partial charge in [0.1, 0.15) is 16.4 Å². The number of amidine groups is 1. The molecule has 2 aromatic heterocycles. The van der Waals surface area contributed by atoms with Crippen molar-refractivity contribution >= 4 is 40.0 Å². The number of carbonyl (C=O) groups excluding carboxylic acids is 1. The van der Waals surface area contributed by atoms with Crippen LogP contribution >= 0.6 is 23.1 Å². The highest BCUT2D eigenvalue weighted by molar-refractivity contribution is 8.13. The molecule has 3 unspecified atom stereocenters. The van der Waals surface area contributed by atoms with Gasteiger partial charge in [-0.1, -0.05) is 11.8 Å². The lowest BCUT2D eigenvalue weighted by molar-refractivity contribution is -0.0466. The summed E-state index contributed by atoms with van der Waals surface area (Å²) < 4.78 is 11.3. The van der Waals surface area contributed by atoms with Crippen molar-refractivity contribution in [3.05, 3.63) is 27.7 Å². The Morgan fingerprint density at radius 3 is 2.96 bits per heavy atom. The minimum Gasteiger partial charge on any atom is -0.436 e. The molecule has 2 aliphatic rings. The molecule has 0 bridgehead atoms. The van der Waals surface area contributed by atoms with E-state index in [0.29, 0.717) is 35.1 Å². The SMILES string of the molecule is Cc1nc(C)c(C(=O)Nc2csc(C34COC(C)CC3CSC(N)=N4)n2)o1. The van der Waals surface area contributed by atoms with Crippen molar-refractivity contribution in [3.8, 4) is 0 Å². The second-order valence-electron chi connectivity index (χ2n) is 6.88. The maximum atomic E-state index is 12.5. The average Bonchev–Trinajstić information content (AvgIpc) is 3.21. The second kappa shape index (κ2) is 6.92. The number of aryl methyl sites for hydroxylation is 2. The monoisotopic (exact) mass is 407 g/mol. The standard InChI is InChI=1S/C17H21N5O3S2/c1-8-4-11-5-27-16(18)22-17(11,7-24-8)15-21-12(6-26-15)20-14(23)13-9(2)19-10(3)25-13/h6,8,11H,4-5,7H2,1-3H3,(H2,18,22)(H,20,23). The van der Waals surface area contributed by atoms with Crippen molar-refractivity contribution in [1.29, 1.82) is 0 Å². The molecule has 10 heteroatoms. The van der Waals surface area contributed by atoms with E-state index in [1.54, 1.807) is 25.6 Å². The molecule has 2 aliphatic heterocycles. The van der Waals surface area contributed by atoms with Crippen molar-refractivity contribution < 1.29 is 13.9 Å². The minimum absolute atomic E-state index is 0.190. The van der Waals surface area contributed by atoms with E-state index in [1.165, 1.54) is 11.3 Å². The number of fused-ring (bicyclic) bond motifs is 1. The third-order valence-corrected chi connectivity index (χ3v) is 6.81. The number of hydrogen-bond acceptors (Lipinski definition) is 9. The van der Waals surface area contributed by atoms with E-state index >= 15 is 0 Å². The smallest absolute Gasteiger partial charge is 0.294 e. The highest BCUT2D eigenvalue weighted by Crippen LogP contribution is 2.47. The van der Waals surface area contributed by atoms with E-state index in [9.17, 15) is 4.79 Å².